The van der Waals surface area contributed by atoms with Crippen LogP contribution in [0.5, 0.6) is 0 Å². The standard InChI is InChI=1S/C27H22N2O6/c1-4-27(2,3)35-26(34)29-20-12-8-6-10-16(20)24(31)18-13-21-17(14-22(18)29)23(30)15-9-5-7-11-19(15)28(21)25(32)33/h5-14H,4H2,1-3H3,(H,32,33). The summed E-state index contributed by atoms with van der Waals surface area (Å²) in [5.41, 5.74) is -0.769. The monoisotopic (exact) mass is 470 g/mol. The van der Waals surface area contributed by atoms with E-state index in [2.05, 4.69) is 0 Å². The van der Waals surface area contributed by atoms with E-state index in [4.69, 9.17) is 4.74 Å². The highest BCUT2D eigenvalue weighted by Gasteiger charge is 2.25. The lowest BCUT2D eigenvalue weighted by atomic mass is 10.0. The molecule has 0 bridgehead atoms. The first-order valence-corrected chi connectivity index (χ1v) is 11.2. The topological polar surface area (TPSA) is 108 Å². The minimum Gasteiger partial charge on any atom is -0.464 e. The molecule has 0 fully saturated rings. The zero-order valence-electron chi connectivity index (χ0n) is 19.4. The molecule has 2 aromatic heterocycles. The van der Waals surface area contributed by atoms with Gasteiger partial charge in [0.05, 0.1) is 22.1 Å². The molecule has 5 aromatic rings. The summed E-state index contributed by atoms with van der Waals surface area (Å²) in [6, 6.07) is 15.8. The summed E-state index contributed by atoms with van der Waals surface area (Å²) in [6.45, 7) is 5.46. The number of hydrogen-bond acceptors (Lipinski definition) is 5. The second-order valence-electron chi connectivity index (χ2n) is 9.01. The molecule has 0 saturated heterocycles. The zero-order chi connectivity index (χ0) is 25.1. The van der Waals surface area contributed by atoms with E-state index in [1.165, 1.54) is 22.8 Å². The lowest BCUT2D eigenvalue weighted by Crippen LogP contribution is -2.31. The molecular formula is C27H22N2O6. The molecular weight excluding hydrogens is 448 g/mol. The van der Waals surface area contributed by atoms with Crippen LogP contribution in [0.1, 0.15) is 27.2 Å². The van der Waals surface area contributed by atoms with Gasteiger partial charge in [-0.2, -0.15) is 0 Å². The first kappa shape index (κ1) is 22.3. The maximum atomic E-state index is 13.5. The highest BCUT2D eigenvalue weighted by molar-refractivity contribution is 6.09. The largest absolute Gasteiger partial charge is 0.464 e. The van der Waals surface area contributed by atoms with E-state index < -0.39 is 23.2 Å². The Hall–Kier alpha value is -4.46. The number of carbonyl (C=O) groups is 2. The Morgan fingerprint density at radius 3 is 1.71 bits per heavy atom. The summed E-state index contributed by atoms with van der Waals surface area (Å²) in [7, 11) is 0. The average Bonchev–Trinajstić information content (AvgIpc) is 2.83. The van der Waals surface area contributed by atoms with E-state index in [0.717, 1.165) is 4.57 Å². The smallest absolute Gasteiger partial charge is 0.419 e. The molecule has 0 amide bonds. The predicted octanol–water partition coefficient (Wildman–Crippen LogP) is 5.32. The highest BCUT2D eigenvalue weighted by atomic mass is 16.6. The molecule has 0 atom stereocenters. The van der Waals surface area contributed by atoms with E-state index in [1.807, 2.05) is 6.92 Å². The van der Waals surface area contributed by atoms with Crippen LogP contribution < -0.4 is 10.9 Å². The number of carboxylic acid groups (broad SMARTS) is 1. The van der Waals surface area contributed by atoms with E-state index >= 15 is 0 Å². The van der Waals surface area contributed by atoms with Crippen molar-refractivity contribution in [2.45, 2.75) is 32.8 Å². The molecule has 2 heterocycles. The number of para-hydroxylation sites is 2. The summed E-state index contributed by atoms with van der Waals surface area (Å²) in [5.74, 6) is 0. The fourth-order valence-corrected chi connectivity index (χ4v) is 4.34. The third kappa shape index (κ3) is 3.37. The molecule has 3 aromatic carbocycles. The van der Waals surface area contributed by atoms with Gasteiger partial charge in [0.2, 0.25) is 0 Å². The number of ether oxygens (including phenoxy) is 1. The van der Waals surface area contributed by atoms with Crippen molar-refractivity contribution in [1.82, 2.24) is 9.13 Å². The van der Waals surface area contributed by atoms with Gasteiger partial charge in [-0.15, -0.1) is 0 Å². The number of carbonyl (C=O) groups excluding carboxylic acids is 1. The molecule has 0 radical (unpaired) electrons. The van der Waals surface area contributed by atoms with Gasteiger partial charge in [-0.3, -0.25) is 9.59 Å². The van der Waals surface area contributed by atoms with Gasteiger partial charge in [-0.1, -0.05) is 31.2 Å². The number of pyridine rings is 2. The highest BCUT2D eigenvalue weighted by Crippen LogP contribution is 2.27. The van der Waals surface area contributed by atoms with Gasteiger partial charge in [0.25, 0.3) is 0 Å². The average molecular weight is 470 g/mol. The second-order valence-corrected chi connectivity index (χ2v) is 9.01. The van der Waals surface area contributed by atoms with Crippen molar-refractivity contribution >= 4 is 55.8 Å². The normalized spacial score (nSPS) is 12.0. The predicted molar refractivity (Wildman–Crippen MR) is 135 cm³/mol. The summed E-state index contributed by atoms with van der Waals surface area (Å²) >= 11 is 0. The maximum absolute atomic E-state index is 13.5. The van der Waals surface area contributed by atoms with E-state index in [9.17, 15) is 24.3 Å². The Labute approximate surface area is 198 Å². The number of fused-ring (bicyclic) bond motifs is 4. The lowest BCUT2D eigenvalue weighted by molar-refractivity contribution is 0.0384. The van der Waals surface area contributed by atoms with Crippen LogP contribution in [0.25, 0.3) is 43.6 Å². The number of benzene rings is 3. The molecule has 0 aliphatic carbocycles. The van der Waals surface area contributed by atoms with Crippen molar-refractivity contribution in [2.24, 2.45) is 0 Å². The Kier molecular flexibility index (Phi) is 4.98. The van der Waals surface area contributed by atoms with Crippen molar-refractivity contribution in [3.8, 4) is 0 Å². The Balaban J connectivity index is 2.02. The van der Waals surface area contributed by atoms with Crippen LogP contribution in [0.4, 0.5) is 9.59 Å². The molecule has 8 nitrogen and oxygen atoms in total. The van der Waals surface area contributed by atoms with Crippen LogP contribution >= 0.6 is 0 Å². The maximum Gasteiger partial charge on any atom is 0.419 e. The van der Waals surface area contributed by atoms with Crippen LogP contribution in [0.3, 0.4) is 0 Å². The molecule has 0 aliphatic heterocycles. The van der Waals surface area contributed by atoms with Gasteiger partial charge in [-0.05, 0) is 56.7 Å². The Bertz CT molecular complexity index is 1830. The van der Waals surface area contributed by atoms with Gasteiger partial charge in [0, 0.05) is 21.5 Å². The SMILES string of the molecule is CCC(C)(C)OC(=O)n1c2ccccc2c(=O)c2cc3c(cc21)c(=O)c1ccccc1n3C(=O)O. The van der Waals surface area contributed by atoms with Crippen molar-refractivity contribution in [3.05, 3.63) is 81.1 Å². The van der Waals surface area contributed by atoms with Gasteiger partial charge >= 0.3 is 12.2 Å². The van der Waals surface area contributed by atoms with Crippen molar-refractivity contribution < 1.29 is 19.4 Å². The molecule has 8 heteroatoms. The summed E-state index contributed by atoms with van der Waals surface area (Å²) in [6.07, 6.45) is -1.43. The van der Waals surface area contributed by atoms with Crippen LogP contribution in [0.15, 0.2) is 70.3 Å². The van der Waals surface area contributed by atoms with Gasteiger partial charge in [0.1, 0.15) is 5.60 Å². The molecule has 0 unspecified atom stereocenters. The minimum atomic E-state index is -1.30. The number of hydrogen-bond donors (Lipinski definition) is 1. The van der Waals surface area contributed by atoms with Gasteiger partial charge in [0.15, 0.2) is 10.9 Å². The first-order valence-electron chi connectivity index (χ1n) is 11.2. The number of nitrogens with zero attached hydrogens (tertiary/aromatic N) is 2. The molecule has 0 spiro atoms. The molecule has 176 valence electrons. The molecule has 0 aliphatic rings. The second kappa shape index (κ2) is 7.80. The van der Waals surface area contributed by atoms with Crippen LogP contribution in [0, 0.1) is 0 Å². The van der Waals surface area contributed by atoms with E-state index in [-0.39, 0.29) is 43.5 Å². The Morgan fingerprint density at radius 1 is 0.771 bits per heavy atom. The summed E-state index contributed by atoms with van der Waals surface area (Å²) in [5, 5.41) is 10.7. The zero-order valence-corrected chi connectivity index (χ0v) is 19.4. The summed E-state index contributed by atoms with van der Waals surface area (Å²) < 4.78 is 8.02. The molecule has 35 heavy (non-hydrogen) atoms. The van der Waals surface area contributed by atoms with Crippen LogP contribution in [-0.2, 0) is 4.74 Å². The van der Waals surface area contributed by atoms with Crippen LogP contribution in [0.2, 0.25) is 0 Å². The summed E-state index contributed by atoms with van der Waals surface area (Å²) in [4.78, 5) is 52.5. The number of rotatable bonds is 2. The Morgan fingerprint density at radius 2 is 1.23 bits per heavy atom. The van der Waals surface area contributed by atoms with Crippen molar-refractivity contribution in [3.63, 3.8) is 0 Å². The molecule has 0 saturated carbocycles. The van der Waals surface area contributed by atoms with E-state index in [1.54, 1.807) is 56.3 Å². The van der Waals surface area contributed by atoms with Gasteiger partial charge < -0.3 is 9.84 Å². The fraction of sp³-hybridized carbons (Fsp3) is 0.185. The number of aromatic nitrogens is 2. The first-order chi connectivity index (χ1) is 16.6. The fourth-order valence-electron chi connectivity index (χ4n) is 4.34. The van der Waals surface area contributed by atoms with Crippen molar-refractivity contribution in [1.29, 1.82) is 0 Å². The van der Waals surface area contributed by atoms with Crippen LogP contribution in [-0.4, -0.2) is 32.0 Å². The third-order valence-electron chi connectivity index (χ3n) is 6.45. The molecule has 1 N–H and O–H groups in total. The quantitative estimate of drug-likeness (QED) is 0.350. The van der Waals surface area contributed by atoms with Gasteiger partial charge in [-0.25, -0.2) is 18.7 Å². The third-order valence-corrected chi connectivity index (χ3v) is 6.45. The minimum absolute atomic E-state index is 0.0647. The molecule has 5 rings (SSSR count). The van der Waals surface area contributed by atoms with E-state index in [0.29, 0.717) is 11.9 Å². The van der Waals surface area contributed by atoms with Crippen molar-refractivity contribution in [2.75, 3.05) is 0 Å². The lowest BCUT2D eigenvalue weighted by Gasteiger charge is -2.25.